The molecule has 6 nitrogen and oxygen atoms in total. The number of benzene rings is 1. The van der Waals surface area contributed by atoms with E-state index < -0.39 is 11.8 Å². The SMILES string of the molecule is CC(C)(C)OC(=O)ON1CCC(c2ncc(-c3ccc(F)cc3)[nH]2)CC1. The lowest BCUT2D eigenvalue weighted by molar-refractivity contribution is -0.152. The topological polar surface area (TPSA) is 67.5 Å². The first kappa shape index (κ1) is 18.4. The Morgan fingerprint density at radius 2 is 1.88 bits per heavy atom. The van der Waals surface area contributed by atoms with Gasteiger partial charge in [0.2, 0.25) is 0 Å². The third-order valence-electron chi connectivity index (χ3n) is 4.18. The second kappa shape index (κ2) is 7.45. The van der Waals surface area contributed by atoms with E-state index in [0.29, 0.717) is 13.1 Å². The minimum atomic E-state index is -0.674. The zero-order chi connectivity index (χ0) is 18.7. The molecule has 1 N–H and O–H groups in total. The highest BCUT2D eigenvalue weighted by atomic mass is 19.1. The van der Waals surface area contributed by atoms with Crippen molar-refractivity contribution in [3.63, 3.8) is 0 Å². The van der Waals surface area contributed by atoms with E-state index in [2.05, 4.69) is 9.97 Å². The summed E-state index contributed by atoms with van der Waals surface area (Å²) in [6.45, 7) is 6.65. The molecule has 0 unspecified atom stereocenters. The zero-order valence-corrected chi connectivity index (χ0v) is 15.3. The minimum absolute atomic E-state index is 0.258. The summed E-state index contributed by atoms with van der Waals surface area (Å²) >= 11 is 0. The molecule has 7 heteroatoms. The number of aromatic amines is 1. The molecule has 0 saturated carbocycles. The van der Waals surface area contributed by atoms with Crippen molar-refractivity contribution < 1.29 is 18.8 Å². The number of nitrogens with one attached hydrogen (secondary N) is 1. The van der Waals surface area contributed by atoms with E-state index in [1.807, 2.05) is 0 Å². The van der Waals surface area contributed by atoms with Crippen LogP contribution in [0.3, 0.4) is 0 Å². The highest BCUT2D eigenvalue weighted by Gasteiger charge is 2.27. The molecule has 0 aliphatic carbocycles. The molecule has 26 heavy (non-hydrogen) atoms. The zero-order valence-electron chi connectivity index (χ0n) is 15.3. The summed E-state index contributed by atoms with van der Waals surface area (Å²) in [6, 6.07) is 6.32. The molecule has 1 aliphatic heterocycles. The highest BCUT2D eigenvalue weighted by molar-refractivity contribution is 5.60. The largest absolute Gasteiger partial charge is 0.528 e. The van der Waals surface area contributed by atoms with Crippen molar-refractivity contribution in [2.24, 2.45) is 0 Å². The van der Waals surface area contributed by atoms with Crippen molar-refractivity contribution in [1.29, 1.82) is 0 Å². The number of piperidine rings is 1. The number of imidazole rings is 1. The molecule has 1 aromatic heterocycles. The van der Waals surface area contributed by atoms with E-state index in [0.717, 1.165) is 29.9 Å². The van der Waals surface area contributed by atoms with Gasteiger partial charge in [-0.15, -0.1) is 5.06 Å². The lowest BCUT2D eigenvalue weighted by atomic mass is 9.97. The normalized spacial score (nSPS) is 16.5. The summed E-state index contributed by atoms with van der Waals surface area (Å²) < 4.78 is 18.2. The fourth-order valence-electron chi connectivity index (χ4n) is 2.91. The van der Waals surface area contributed by atoms with Gasteiger partial charge in [-0.05, 0) is 63.4 Å². The number of hydrogen-bond donors (Lipinski definition) is 1. The molecule has 1 aliphatic rings. The van der Waals surface area contributed by atoms with Gasteiger partial charge in [-0.1, -0.05) is 0 Å². The maximum atomic E-state index is 13.0. The number of hydrogen-bond acceptors (Lipinski definition) is 5. The van der Waals surface area contributed by atoms with E-state index in [-0.39, 0.29) is 11.7 Å². The number of carbonyl (C=O) groups is 1. The number of ether oxygens (including phenoxy) is 1. The predicted molar refractivity (Wildman–Crippen MR) is 94.8 cm³/mol. The molecule has 140 valence electrons. The first-order valence-electron chi connectivity index (χ1n) is 8.77. The molecule has 1 aromatic carbocycles. The molecule has 2 aromatic rings. The predicted octanol–water partition coefficient (Wildman–Crippen LogP) is 4.26. The molecular formula is C19H24FN3O3. The van der Waals surface area contributed by atoms with Crippen LogP contribution in [0.5, 0.6) is 0 Å². The monoisotopic (exact) mass is 361 g/mol. The van der Waals surface area contributed by atoms with Gasteiger partial charge in [0.1, 0.15) is 17.2 Å². The van der Waals surface area contributed by atoms with Gasteiger partial charge >= 0.3 is 6.16 Å². The fourth-order valence-corrected chi connectivity index (χ4v) is 2.91. The number of halogens is 1. The molecule has 0 amide bonds. The number of hydroxylamine groups is 2. The molecule has 2 heterocycles. The van der Waals surface area contributed by atoms with Gasteiger partial charge in [0, 0.05) is 19.0 Å². The lowest BCUT2D eigenvalue weighted by Gasteiger charge is -2.30. The molecule has 0 spiro atoms. The Morgan fingerprint density at radius 1 is 1.23 bits per heavy atom. The Labute approximate surface area is 152 Å². The van der Waals surface area contributed by atoms with Crippen LogP contribution in [0.1, 0.15) is 45.4 Å². The molecular weight excluding hydrogens is 337 g/mol. The van der Waals surface area contributed by atoms with Crippen LogP contribution in [-0.4, -0.2) is 39.9 Å². The summed E-state index contributed by atoms with van der Waals surface area (Å²) in [4.78, 5) is 24.8. The smallest absolute Gasteiger partial charge is 0.427 e. The van der Waals surface area contributed by atoms with E-state index in [1.54, 1.807) is 44.2 Å². The first-order valence-corrected chi connectivity index (χ1v) is 8.77. The molecule has 0 radical (unpaired) electrons. The summed E-state index contributed by atoms with van der Waals surface area (Å²) in [6.07, 6.45) is 2.73. The van der Waals surface area contributed by atoms with Crippen LogP contribution >= 0.6 is 0 Å². The van der Waals surface area contributed by atoms with Crippen LogP contribution in [0.25, 0.3) is 11.3 Å². The van der Waals surface area contributed by atoms with Gasteiger partial charge in [0.25, 0.3) is 0 Å². The van der Waals surface area contributed by atoms with Crippen LogP contribution in [-0.2, 0) is 9.57 Å². The van der Waals surface area contributed by atoms with Gasteiger partial charge in [-0.25, -0.2) is 14.2 Å². The minimum Gasteiger partial charge on any atom is -0.427 e. The van der Waals surface area contributed by atoms with Crippen molar-refractivity contribution in [2.45, 2.75) is 45.1 Å². The molecule has 3 rings (SSSR count). The third kappa shape index (κ3) is 4.82. The maximum absolute atomic E-state index is 13.0. The fraction of sp³-hybridized carbons (Fsp3) is 0.474. The van der Waals surface area contributed by atoms with Crippen LogP contribution in [0.2, 0.25) is 0 Å². The summed E-state index contributed by atoms with van der Waals surface area (Å²) in [7, 11) is 0. The number of H-pyrrole nitrogens is 1. The number of nitrogens with zero attached hydrogens (tertiary/aromatic N) is 2. The number of carbonyl (C=O) groups excluding carboxylic acids is 1. The van der Waals surface area contributed by atoms with Crippen molar-refractivity contribution in [3.05, 3.63) is 42.1 Å². The Balaban J connectivity index is 1.54. The number of aromatic nitrogens is 2. The Morgan fingerprint density at radius 3 is 2.50 bits per heavy atom. The van der Waals surface area contributed by atoms with Gasteiger partial charge in [0.05, 0.1) is 11.9 Å². The van der Waals surface area contributed by atoms with E-state index in [1.165, 1.54) is 12.1 Å². The second-order valence-electron chi connectivity index (χ2n) is 7.45. The highest BCUT2D eigenvalue weighted by Crippen LogP contribution is 2.28. The molecule has 0 bridgehead atoms. The standard InChI is InChI=1S/C19H24FN3O3/c1-19(2,3)25-18(24)26-23-10-8-14(9-11-23)17-21-12-16(22-17)13-4-6-15(20)7-5-13/h4-7,12,14H,8-11H2,1-3H3,(H,21,22). The maximum Gasteiger partial charge on any atom is 0.528 e. The van der Waals surface area contributed by atoms with E-state index in [9.17, 15) is 9.18 Å². The Bertz CT molecular complexity index is 744. The Kier molecular flexibility index (Phi) is 5.27. The summed E-state index contributed by atoms with van der Waals surface area (Å²) in [5, 5.41) is 1.63. The summed E-state index contributed by atoms with van der Waals surface area (Å²) in [5.74, 6) is 0.912. The molecule has 0 atom stereocenters. The van der Waals surface area contributed by atoms with Gasteiger partial charge in [0.15, 0.2) is 0 Å². The van der Waals surface area contributed by atoms with Crippen molar-refractivity contribution >= 4 is 6.16 Å². The van der Waals surface area contributed by atoms with Gasteiger partial charge < -0.3 is 14.6 Å². The van der Waals surface area contributed by atoms with Crippen LogP contribution < -0.4 is 0 Å². The average Bonchev–Trinajstić information content (AvgIpc) is 3.04. The molecule has 1 saturated heterocycles. The third-order valence-corrected chi connectivity index (χ3v) is 4.18. The van der Waals surface area contributed by atoms with Crippen LogP contribution in [0.15, 0.2) is 30.5 Å². The van der Waals surface area contributed by atoms with Gasteiger partial charge in [-0.3, -0.25) is 0 Å². The Hall–Kier alpha value is -2.41. The van der Waals surface area contributed by atoms with E-state index >= 15 is 0 Å². The van der Waals surface area contributed by atoms with Crippen LogP contribution in [0.4, 0.5) is 9.18 Å². The first-order chi connectivity index (χ1) is 12.3. The van der Waals surface area contributed by atoms with E-state index in [4.69, 9.17) is 9.57 Å². The second-order valence-corrected chi connectivity index (χ2v) is 7.45. The van der Waals surface area contributed by atoms with Crippen molar-refractivity contribution in [2.75, 3.05) is 13.1 Å². The lowest BCUT2D eigenvalue weighted by Crippen LogP contribution is -2.37. The van der Waals surface area contributed by atoms with Crippen molar-refractivity contribution in [1.82, 2.24) is 15.0 Å². The molecule has 1 fully saturated rings. The van der Waals surface area contributed by atoms with Gasteiger partial charge in [-0.2, -0.15) is 0 Å². The van der Waals surface area contributed by atoms with Crippen molar-refractivity contribution in [3.8, 4) is 11.3 Å². The summed E-state index contributed by atoms with van der Waals surface area (Å²) in [5.41, 5.74) is 1.20. The number of rotatable bonds is 3. The van der Waals surface area contributed by atoms with Crippen LogP contribution in [0, 0.1) is 5.82 Å². The quantitative estimate of drug-likeness (QED) is 0.827. The average molecular weight is 361 g/mol.